The van der Waals surface area contributed by atoms with Crippen LogP contribution in [-0.4, -0.2) is 29.5 Å². The highest BCUT2D eigenvalue weighted by atomic mass is 32.1. The number of carbonyl (C=O) groups excluding carboxylic acids is 2. The first-order valence-corrected chi connectivity index (χ1v) is 10.5. The minimum atomic E-state index is -0.363. The van der Waals surface area contributed by atoms with E-state index in [1.54, 1.807) is 11.3 Å². The Morgan fingerprint density at radius 1 is 1.29 bits per heavy atom. The summed E-state index contributed by atoms with van der Waals surface area (Å²) in [6.45, 7) is 5.75. The lowest BCUT2D eigenvalue weighted by Gasteiger charge is -2.11. The van der Waals surface area contributed by atoms with Crippen molar-refractivity contribution in [2.24, 2.45) is 0 Å². The van der Waals surface area contributed by atoms with Crippen molar-refractivity contribution >= 4 is 34.1 Å². The number of aromatic amines is 1. The fourth-order valence-corrected chi connectivity index (χ4v) is 3.87. The molecular formula is C22H26N2O3S. The normalized spacial score (nSPS) is 12.1. The van der Waals surface area contributed by atoms with Crippen molar-refractivity contribution in [3.8, 4) is 10.6 Å². The van der Waals surface area contributed by atoms with Gasteiger partial charge in [-0.05, 0) is 55.8 Å². The number of amides is 1. The number of aryl methyl sites for hydroxylation is 2. The van der Waals surface area contributed by atoms with Gasteiger partial charge < -0.3 is 15.0 Å². The van der Waals surface area contributed by atoms with Crippen molar-refractivity contribution in [2.45, 2.75) is 46.1 Å². The van der Waals surface area contributed by atoms with Gasteiger partial charge in [0.1, 0.15) is 0 Å². The van der Waals surface area contributed by atoms with E-state index in [9.17, 15) is 9.59 Å². The van der Waals surface area contributed by atoms with E-state index in [0.717, 1.165) is 33.5 Å². The Morgan fingerprint density at radius 3 is 2.82 bits per heavy atom. The summed E-state index contributed by atoms with van der Waals surface area (Å²) in [6.07, 6.45) is 1.63. The second-order valence-electron chi connectivity index (χ2n) is 7.04. The van der Waals surface area contributed by atoms with E-state index >= 15 is 0 Å². The van der Waals surface area contributed by atoms with Gasteiger partial charge in [0.2, 0.25) is 0 Å². The first-order valence-electron chi connectivity index (χ1n) is 9.58. The van der Waals surface area contributed by atoms with Gasteiger partial charge in [0, 0.05) is 23.4 Å². The Labute approximate surface area is 169 Å². The van der Waals surface area contributed by atoms with Gasteiger partial charge in [-0.15, -0.1) is 11.3 Å². The zero-order valence-corrected chi connectivity index (χ0v) is 17.3. The van der Waals surface area contributed by atoms with Crippen molar-refractivity contribution in [3.63, 3.8) is 0 Å². The molecule has 0 saturated heterocycles. The number of hydrogen-bond donors (Lipinski definition) is 2. The predicted octanol–water partition coefficient (Wildman–Crippen LogP) is 4.60. The zero-order chi connectivity index (χ0) is 20.1. The summed E-state index contributed by atoms with van der Waals surface area (Å²) in [6, 6.07) is 10.5. The molecule has 148 valence electrons. The van der Waals surface area contributed by atoms with E-state index < -0.39 is 0 Å². The fraction of sp³-hybridized carbons (Fsp3) is 0.364. The van der Waals surface area contributed by atoms with E-state index in [4.69, 9.17) is 4.74 Å². The predicted molar refractivity (Wildman–Crippen MR) is 114 cm³/mol. The molecule has 0 spiro atoms. The molecule has 0 saturated carbocycles. The van der Waals surface area contributed by atoms with Crippen molar-refractivity contribution in [1.82, 2.24) is 10.3 Å². The van der Waals surface area contributed by atoms with Gasteiger partial charge in [-0.2, -0.15) is 0 Å². The molecule has 0 unspecified atom stereocenters. The molecule has 1 atom stereocenters. The highest BCUT2D eigenvalue weighted by molar-refractivity contribution is 7.13. The van der Waals surface area contributed by atoms with Crippen LogP contribution in [0.15, 0.2) is 35.7 Å². The molecule has 2 aromatic heterocycles. The molecule has 1 aromatic carbocycles. The first-order chi connectivity index (χ1) is 13.5. The SMILES string of the molecule is CC[C@H](C)NC(=O)COC(=O)CCc1c(-c2cccs2)[nH]c2ccc(C)cc12. The summed E-state index contributed by atoms with van der Waals surface area (Å²) < 4.78 is 5.16. The first kappa shape index (κ1) is 20.1. The summed E-state index contributed by atoms with van der Waals surface area (Å²) in [5.41, 5.74) is 4.40. The van der Waals surface area contributed by atoms with Crippen molar-refractivity contribution in [3.05, 3.63) is 46.8 Å². The van der Waals surface area contributed by atoms with Crippen molar-refractivity contribution in [1.29, 1.82) is 0 Å². The Morgan fingerprint density at radius 2 is 2.11 bits per heavy atom. The fourth-order valence-electron chi connectivity index (χ4n) is 3.12. The minimum Gasteiger partial charge on any atom is -0.456 e. The van der Waals surface area contributed by atoms with Gasteiger partial charge in [0.05, 0.1) is 10.6 Å². The van der Waals surface area contributed by atoms with Crippen LogP contribution in [0.4, 0.5) is 0 Å². The second kappa shape index (κ2) is 9.06. The molecule has 3 aromatic rings. The number of esters is 1. The maximum Gasteiger partial charge on any atom is 0.306 e. The van der Waals surface area contributed by atoms with E-state index in [1.165, 1.54) is 5.56 Å². The largest absolute Gasteiger partial charge is 0.456 e. The molecule has 3 rings (SSSR count). The number of ether oxygens (including phenoxy) is 1. The number of benzene rings is 1. The highest BCUT2D eigenvalue weighted by Gasteiger charge is 2.16. The number of H-pyrrole nitrogens is 1. The molecule has 0 aliphatic carbocycles. The molecule has 1 amide bonds. The lowest BCUT2D eigenvalue weighted by molar-refractivity contribution is -0.148. The topological polar surface area (TPSA) is 71.2 Å². The molecule has 6 heteroatoms. The van der Waals surface area contributed by atoms with E-state index in [1.807, 2.05) is 25.3 Å². The standard InChI is InChI=1S/C22H26N2O3S/c1-4-15(3)23-20(25)13-27-21(26)10-8-16-17-12-14(2)7-9-18(17)24-22(16)19-6-5-11-28-19/h5-7,9,11-12,15,24H,4,8,10,13H2,1-3H3,(H,23,25)/t15-/m0/s1. The second-order valence-corrected chi connectivity index (χ2v) is 7.99. The van der Waals surface area contributed by atoms with E-state index in [-0.39, 0.29) is 30.9 Å². The third-order valence-corrected chi connectivity index (χ3v) is 5.68. The summed E-state index contributed by atoms with van der Waals surface area (Å²) >= 11 is 1.67. The monoisotopic (exact) mass is 398 g/mol. The molecule has 0 aliphatic heterocycles. The van der Waals surface area contributed by atoms with Crippen LogP contribution in [0, 0.1) is 6.92 Å². The molecule has 28 heavy (non-hydrogen) atoms. The molecule has 5 nitrogen and oxygen atoms in total. The molecule has 0 fully saturated rings. The Hall–Kier alpha value is -2.60. The molecule has 0 aliphatic rings. The average Bonchev–Trinajstić information content (AvgIpc) is 3.32. The maximum absolute atomic E-state index is 12.2. The quantitative estimate of drug-likeness (QED) is 0.545. The van der Waals surface area contributed by atoms with Crippen molar-refractivity contribution in [2.75, 3.05) is 6.61 Å². The van der Waals surface area contributed by atoms with Gasteiger partial charge in [0.25, 0.3) is 5.91 Å². The van der Waals surface area contributed by atoms with E-state index in [2.05, 4.69) is 41.5 Å². The Kier molecular flexibility index (Phi) is 6.52. The van der Waals surface area contributed by atoms with Gasteiger partial charge in [0.15, 0.2) is 6.61 Å². The number of rotatable bonds is 8. The third-order valence-electron chi connectivity index (χ3n) is 4.79. The van der Waals surface area contributed by atoms with Crippen LogP contribution in [0.3, 0.4) is 0 Å². The number of carbonyl (C=O) groups is 2. The molecule has 2 N–H and O–H groups in total. The Bertz CT molecular complexity index is 960. The number of fused-ring (bicyclic) bond motifs is 1. The maximum atomic E-state index is 12.2. The van der Waals surface area contributed by atoms with Gasteiger partial charge in [-0.25, -0.2) is 0 Å². The highest BCUT2D eigenvalue weighted by Crippen LogP contribution is 2.34. The van der Waals surface area contributed by atoms with Gasteiger partial charge >= 0.3 is 5.97 Å². The van der Waals surface area contributed by atoms with Crippen LogP contribution in [0.25, 0.3) is 21.5 Å². The van der Waals surface area contributed by atoms with Gasteiger partial charge in [-0.3, -0.25) is 9.59 Å². The van der Waals surface area contributed by atoms with Crippen LogP contribution in [0.5, 0.6) is 0 Å². The molecule has 2 heterocycles. The van der Waals surface area contributed by atoms with Crippen molar-refractivity contribution < 1.29 is 14.3 Å². The summed E-state index contributed by atoms with van der Waals surface area (Å²) in [7, 11) is 0. The average molecular weight is 399 g/mol. The van der Waals surface area contributed by atoms with E-state index in [0.29, 0.717) is 6.42 Å². The smallest absolute Gasteiger partial charge is 0.306 e. The van der Waals surface area contributed by atoms with Crippen LogP contribution in [0.2, 0.25) is 0 Å². The lowest BCUT2D eigenvalue weighted by atomic mass is 10.0. The van der Waals surface area contributed by atoms with Gasteiger partial charge in [-0.1, -0.05) is 24.6 Å². The lowest BCUT2D eigenvalue weighted by Crippen LogP contribution is -2.35. The van der Waals surface area contributed by atoms with Crippen LogP contribution in [-0.2, 0) is 20.7 Å². The zero-order valence-electron chi connectivity index (χ0n) is 16.5. The molecular weight excluding hydrogens is 372 g/mol. The number of nitrogens with one attached hydrogen (secondary N) is 2. The summed E-state index contributed by atoms with van der Waals surface area (Å²) in [4.78, 5) is 28.6. The Balaban J connectivity index is 1.70. The van der Waals surface area contributed by atoms with Crippen LogP contribution in [0.1, 0.15) is 37.8 Å². The number of thiophene rings is 1. The summed E-state index contributed by atoms with van der Waals surface area (Å²) in [5, 5.41) is 5.96. The van der Waals surface area contributed by atoms with Crippen LogP contribution < -0.4 is 5.32 Å². The third kappa shape index (κ3) is 4.81. The molecule has 0 bridgehead atoms. The summed E-state index contributed by atoms with van der Waals surface area (Å²) in [5.74, 6) is -0.622. The minimum absolute atomic E-state index is 0.0778. The van der Waals surface area contributed by atoms with Crippen LogP contribution >= 0.6 is 11.3 Å². The number of aromatic nitrogens is 1. The molecule has 0 radical (unpaired) electrons. The number of hydrogen-bond acceptors (Lipinski definition) is 4.